The molecule has 0 bridgehead atoms. The van der Waals surface area contributed by atoms with Crippen LogP contribution in [-0.2, 0) is 68.0 Å². The van der Waals surface area contributed by atoms with Crippen LogP contribution in [0.2, 0.25) is 0 Å². The predicted octanol–water partition coefficient (Wildman–Crippen LogP) is 2.07. The number of sulfone groups is 2. The SMILES string of the molecule is C=CS(=O)(=O)CC(=O)NCCCNC(=O)CS(=O)(=O)C=C.CC(=CC=C1Oc2ccccc2N1CCS(=O)(=O)[O-])/C=C1/SC(=S)N(CC(=O)O)C1=O.CCC(C)CC(C)(C)C(=O)OCCOC(=O)C(C)(C)CC.CCN(CC)c1nc(NO)nc(NO)n1.[Na+]. The van der Waals surface area contributed by atoms with Crippen LogP contribution in [0.3, 0.4) is 0 Å². The number of carboxylic acid groups (broad SMARTS) is 1. The van der Waals surface area contributed by atoms with E-state index in [0.717, 1.165) is 42.6 Å². The third kappa shape index (κ3) is 31.5. The zero-order valence-electron chi connectivity index (χ0n) is 51.9. The predicted molar refractivity (Wildman–Crippen MR) is 335 cm³/mol. The Morgan fingerprint density at radius 2 is 1.35 bits per heavy atom. The van der Waals surface area contributed by atoms with E-state index < -0.39 is 88.1 Å². The van der Waals surface area contributed by atoms with Crippen molar-refractivity contribution in [2.75, 3.05) is 90.5 Å². The normalized spacial score (nSPS) is 14.3. The summed E-state index contributed by atoms with van der Waals surface area (Å²) >= 11 is 6.08. The fraction of sp³-hybridized carbons (Fsp3) is 0.519. The fourth-order valence-electron chi connectivity index (χ4n) is 6.98. The van der Waals surface area contributed by atoms with Crippen LogP contribution in [0.4, 0.5) is 23.5 Å². The number of hydrogen-bond acceptors (Lipinski definition) is 27. The minimum atomic E-state index is -4.41. The summed E-state index contributed by atoms with van der Waals surface area (Å²) in [5, 5.41) is 32.4. The summed E-state index contributed by atoms with van der Waals surface area (Å²) in [6.07, 6.45) is 7.72. The summed E-state index contributed by atoms with van der Waals surface area (Å²) in [5.41, 5.74) is 3.92. The second kappa shape index (κ2) is 39.9. The Hall–Kier alpha value is -6.08. The van der Waals surface area contributed by atoms with Gasteiger partial charge >= 0.3 is 47.5 Å². The first-order valence-corrected chi connectivity index (χ1v) is 33.4. The molecule has 1 saturated heterocycles. The molecule has 0 aliphatic carbocycles. The van der Waals surface area contributed by atoms with E-state index in [2.05, 4.69) is 52.6 Å². The van der Waals surface area contributed by atoms with Gasteiger partial charge in [0.25, 0.3) is 17.8 Å². The van der Waals surface area contributed by atoms with Crippen LogP contribution in [0, 0.1) is 16.7 Å². The minimum absolute atomic E-state index is 0. The van der Waals surface area contributed by atoms with E-state index in [1.54, 1.807) is 65.3 Å². The second-order valence-electron chi connectivity index (χ2n) is 20.4. The molecule has 0 radical (unpaired) electrons. The van der Waals surface area contributed by atoms with Crippen molar-refractivity contribution in [3.05, 3.63) is 82.8 Å². The third-order valence-electron chi connectivity index (χ3n) is 12.4. The molecule has 1 aromatic heterocycles. The van der Waals surface area contributed by atoms with Crippen LogP contribution in [-0.4, -0.2) is 175 Å². The number of esters is 2. The van der Waals surface area contributed by atoms with Crippen molar-refractivity contribution in [1.82, 2.24) is 30.5 Å². The molecule has 7 N–H and O–H groups in total. The number of benzene rings is 1. The van der Waals surface area contributed by atoms with Crippen molar-refractivity contribution < 1.29 is 118 Å². The van der Waals surface area contributed by atoms with E-state index in [1.165, 1.54) is 0 Å². The van der Waals surface area contributed by atoms with Crippen LogP contribution >= 0.6 is 24.0 Å². The quantitative estimate of drug-likeness (QED) is 0.0108. The first kappa shape index (κ1) is 82.9. The van der Waals surface area contributed by atoms with Gasteiger partial charge in [-0.2, -0.15) is 15.0 Å². The Kier molecular flexibility index (Phi) is 37.2. The molecule has 4 rings (SSSR count). The van der Waals surface area contributed by atoms with Gasteiger partial charge in [-0.15, -0.1) is 0 Å². The number of ether oxygens (including phenoxy) is 3. The number of carbonyl (C=O) groups is 6. The van der Waals surface area contributed by atoms with Crippen molar-refractivity contribution >= 4 is 117 Å². The molecule has 0 saturated carbocycles. The third-order valence-corrected chi connectivity index (χ3v) is 16.8. The average Bonchev–Trinajstić information content (AvgIpc) is 2.50. The van der Waals surface area contributed by atoms with Gasteiger partial charge in [-0.25, -0.2) is 36.2 Å². The molecule has 29 nitrogen and oxygen atoms in total. The smallest absolute Gasteiger partial charge is 0.748 e. The molecule has 1 unspecified atom stereocenters. The Bertz CT molecular complexity index is 3140. The van der Waals surface area contributed by atoms with Gasteiger partial charge in [-0.3, -0.25) is 44.1 Å². The Morgan fingerprint density at radius 3 is 1.80 bits per heavy atom. The van der Waals surface area contributed by atoms with Gasteiger partial charge in [0, 0.05) is 43.5 Å². The molecule has 492 valence electrons. The number of para-hydroxylation sites is 2. The Morgan fingerprint density at radius 1 is 0.843 bits per heavy atom. The molecule has 3 amide bonds. The zero-order valence-corrected chi connectivity index (χ0v) is 58.0. The number of nitrogens with one attached hydrogen (secondary N) is 4. The number of allylic oxidation sites excluding steroid dienone is 4. The second-order valence-corrected chi connectivity index (χ2v) is 27.4. The molecule has 1 fully saturated rings. The largest absolute Gasteiger partial charge is 1.00 e. The van der Waals surface area contributed by atoms with Crippen molar-refractivity contribution in [1.29, 1.82) is 0 Å². The molecule has 0 spiro atoms. The van der Waals surface area contributed by atoms with Crippen molar-refractivity contribution in [2.24, 2.45) is 16.7 Å². The Labute approximate surface area is 552 Å². The Balaban J connectivity index is 0.00000120. The van der Waals surface area contributed by atoms with E-state index >= 15 is 0 Å². The summed E-state index contributed by atoms with van der Waals surface area (Å²) in [6, 6.07) is 7.01. The number of hydrogen-bond donors (Lipinski definition) is 7. The van der Waals surface area contributed by atoms with Gasteiger partial charge in [-0.05, 0) is 104 Å². The number of thiocarbonyl (C=S) groups is 1. The maximum atomic E-state index is 12.4. The molecular weight excluding hydrogens is 1280 g/mol. The number of aromatic nitrogens is 3. The molecule has 1 atom stereocenters. The summed E-state index contributed by atoms with van der Waals surface area (Å²) in [6.45, 7) is 26.9. The van der Waals surface area contributed by atoms with Crippen molar-refractivity contribution in [3.63, 3.8) is 0 Å². The van der Waals surface area contributed by atoms with Crippen LogP contribution in [0.25, 0.3) is 0 Å². The van der Waals surface area contributed by atoms with Gasteiger partial charge in [0.2, 0.25) is 23.6 Å². The number of fused-ring (bicyclic) bond motifs is 1. The van der Waals surface area contributed by atoms with Crippen LogP contribution < -0.4 is 65.7 Å². The molecule has 2 aliphatic heterocycles. The van der Waals surface area contributed by atoms with E-state index in [1.807, 2.05) is 53.4 Å². The fourth-order valence-corrected chi connectivity index (χ4v) is 9.87. The van der Waals surface area contributed by atoms with E-state index in [-0.39, 0.29) is 90.6 Å². The van der Waals surface area contributed by atoms with Crippen molar-refractivity contribution in [2.45, 2.75) is 94.9 Å². The van der Waals surface area contributed by atoms with E-state index in [0.29, 0.717) is 63.3 Å². The standard InChI is InChI=1S/C19H18N2O7S3.C17H32O4.C11H18N2O6S2.C7H14N6O2.Na/c1-12(10-15-18(24)21(11-17(22)23)19(29)30-15)6-7-16-20(8-9-31(25,26)27)13-4-2-3-5-14(13)28-16;1-8-13(3)12-17(6,7)15(19)21-11-10-20-14(18)16(4,5)9-2;1-3-20(16,17)8-10(14)12-6-5-7-13-11(15)9-21(18,19)4-2;1-3-13(4-2)7-9-5(11-14)8-6(10-7)12-15;/h2-7,10H,8-9,11H2,1H3,(H,22,23)(H,25,26,27);13H,8-12H2,1-7H3;3-4H,1-2,5-9H2,(H,12,14)(H,13,15);14-15H,3-4H2,1-2H3,(H2,8,9,10,11,12);/q;;;;+1/p-1/b12-6?,15-10+,16-7?;;;;. The first-order valence-electron chi connectivity index (χ1n) is 27.2. The number of carbonyl (C=O) groups excluding carboxylic acids is 5. The maximum absolute atomic E-state index is 12.4. The number of aliphatic carboxylic acids is 1. The number of anilines is 4. The number of rotatable bonds is 31. The maximum Gasteiger partial charge on any atom is 1.00 e. The van der Waals surface area contributed by atoms with Gasteiger partial charge in [0.15, 0.2) is 25.4 Å². The monoisotopic (exact) mass is 1360 g/mol. The van der Waals surface area contributed by atoms with E-state index in [4.69, 9.17) is 41.9 Å². The molecule has 2 aromatic rings. The average molecular weight is 1360 g/mol. The minimum Gasteiger partial charge on any atom is -0.748 e. The van der Waals surface area contributed by atoms with Gasteiger partial charge < -0.3 is 44.3 Å². The number of carboxylic acids is 1. The van der Waals surface area contributed by atoms with Crippen LogP contribution in [0.1, 0.15) is 94.9 Å². The molecule has 89 heavy (non-hydrogen) atoms. The van der Waals surface area contributed by atoms with Crippen LogP contribution in [0.15, 0.2) is 82.8 Å². The molecular formula is C54H81N10NaO19S5. The van der Waals surface area contributed by atoms with E-state index in [9.17, 15) is 58.6 Å². The summed E-state index contributed by atoms with van der Waals surface area (Å²) < 4.78 is 93.7. The molecule has 35 heteroatoms. The summed E-state index contributed by atoms with van der Waals surface area (Å²) in [4.78, 5) is 85.8. The first-order chi connectivity index (χ1) is 41.0. The molecule has 1 aromatic carbocycles. The van der Waals surface area contributed by atoms with Crippen LogP contribution in [0.5, 0.6) is 5.75 Å². The topological polar surface area (TPSA) is 413 Å². The molecule has 3 heterocycles. The zero-order chi connectivity index (χ0) is 67.2. The van der Waals surface area contributed by atoms with Gasteiger partial charge in [0.05, 0.1) is 37.3 Å². The van der Waals surface area contributed by atoms with Gasteiger partial charge in [-0.1, -0.05) is 82.5 Å². The number of thioether (sulfide) groups is 1. The molecule has 2 aliphatic rings. The van der Waals surface area contributed by atoms with Gasteiger partial charge in [0.1, 0.15) is 35.6 Å². The number of amides is 3. The summed E-state index contributed by atoms with van der Waals surface area (Å²) in [5.74, 6) is -3.74. The van der Waals surface area contributed by atoms with Crippen molar-refractivity contribution in [3.8, 4) is 5.75 Å². The summed E-state index contributed by atoms with van der Waals surface area (Å²) in [7, 11) is -11.6. The number of nitrogens with zero attached hydrogens (tertiary/aromatic N) is 6.